The number of piperidine rings is 1. The number of carbonyl (C=O) groups excluding carboxylic acids is 2. The molecule has 1 aliphatic heterocycles. The first-order valence-corrected chi connectivity index (χ1v) is 9.06. The number of nitrogens with one attached hydrogen (secondary N) is 1. The average molecular weight is 342 g/mol. The molecular weight excluding hydrogens is 316 g/mol. The van der Waals surface area contributed by atoms with Gasteiger partial charge in [0, 0.05) is 31.0 Å². The van der Waals surface area contributed by atoms with Gasteiger partial charge in [0.2, 0.25) is 11.8 Å². The number of carbonyl (C=O) groups is 2. The summed E-state index contributed by atoms with van der Waals surface area (Å²) in [6, 6.07) is 8.35. The zero-order chi connectivity index (χ0) is 17.8. The lowest BCUT2D eigenvalue weighted by Gasteiger charge is -2.30. The van der Waals surface area contributed by atoms with Crippen molar-refractivity contribution >= 4 is 11.8 Å². The van der Waals surface area contributed by atoms with Gasteiger partial charge in [-0.25, -0.2) is 0 Å². The number of rotatable bonds is 6. The predicted molar refractivity (Wildman–Crippen MR) is 96.4 cm³/mol. The van der Waals surface area contributed by atoms with Crippen LogP contribution in [0, 0.1) is 5.92 Å². The van der Waals surface area contributed by atoms with E-state index < -0.39 is 0 Å². The van der Waals surface area contributed by atoms with Gasteiger partial charge in [-0.1, -0.05) is 18.7 Å². The molecular formula is C20H26N2O3. The van der Waals surface area contributed by atoms with E-state index in [1.807, 2.05) is 19.1 Å². The molecule has 5 heteroatoms. The highest BCUT2D eigenvalue weighted by Crippen LogP contribution is 2.42. The van der Waals surface area contributed by atoms with E-state index in [2.05, 4.69) is 24.0 Å². The molecule has 1 aliphatic carbocycles. The summed E-state index contributed by atoms with van der Waals surface area (Å²) < 4.78 is 5.55. The van der Waals surface area contributed by atoms with Crippen molar-refractivity contribution in [1.82, 2.24) is 10.2 Å². The van der Waals surface area contributed by atoms with Gasteiger partial charge in [-0.05, 0) is 50.0 Å². The number of likely N-dealkylation sites (tertiary alicyclic amines) is 1. The van der Waals surface area contributed by atoms with Gasteiger partial charge >= 0.3 is 0 Å². The van der Waals surface area contributed by atoms with Gasteiger partial charge in [-0.2, -0.15) is 0 Å². The fraction of sp³-hybridized carbons (Fsp3) is 0.500. The molecule has 2 amide bonds. The molecule has 0 bridgehead atoms. The van der Waals surface area contributed by atoms with E-state index in [4.69, 9.17) is 4.74 Å². The van der Waals surface area contributed by atoms with Gasteiger partial charge in [0.25, 0.3) is 0 Å². The van der Waals surface area contributed by atoms with Crippen LogP contribution in [0.4, 0.5) is 0 Å². The Morgan fingerprint density at radius 2 is 2.12 bits per heavy atom. The molecule has 3 rings (SSSR count). The molecule has 2 aliphatic rings. The molecule has 5 nitrogen and oxygen atoms in total. The Bertz CT molecular complexity index is 650. The van der Waals surface area contributed by atoms with Crippen LogP contribution in [-0.2, 0) is 9.59 Å². The van der Waals surface area contributed by atoms with Crippen LogP contribution in [0.2, 0.25) is 0 Å². The van der Waals surface area contributed by atoms with E-state index >= 15 is 0 Å². The third-order valence-electron chi connectivity index (χ3n) is 5.07. The van der Waals surface area contributed by atoms with Crippen LogP contribution in [0.5, 0.6) is 5.75 Å². The second-order valence-corrected chi connectivity index (χ2v) is 6.77. The summed E-state index contributed by atoms with van der Waals surface area (Å²) in [5.41, 5.74) is 1.22. The van der Waals surface area contributed by atoms with Crippen LogP contribution < -0.4 is 10.1 Å². The van der Waals surface area contributed by atoms with E-state index in [9.17, 15) is 9.59 Å². The highest BCUT2D eigenvalue weighted by Gasteiger charge is 2.41. The van der Waals surface area contributed by atoms with Gasteiger partial charge in [-0.15, -0.1) is 0 Å². The number of hydrogen-bond acceptors (Lipinski definition) is 3. The fourth-order valence-electron chi connectivity index (χ4n) is 3.52. The predicted octanol–water partition coefficient (Wildman–Crippen LogP) is 2.48. The van der Waals surface area contributed by atoms with Crippen molar-refractivity contribution < 1.29 is 14.3 Å². The van der Waals surface area contributed by atoms with Crippen LogP contribution in [0.3, 0.4) is 0 Å². The highest BCUT2D eigenvalue weighted by molar-refractivity contribution is 5.87. The molecule has 1 aromatic carbocycles. The van der Waals surface area contributed by atoms with Crippen molar-refractivity contribution in [3.63, 3.8) is 0 Å². The lowest BCUT2D eigenvalue weighted by Crippen LogP contribution is -2.43. The Balaban J connectivity index is 1.48. The molecule has 2 fully saturated rings. The molecule has 2 atom stereocenters. The van der Waals surface area contributed by atoms with Gasteiger partial charge in [0.05, 0.1) is 6.61 Å². The molecule has 1 aromatic rings. The zero-order valence-corrected chi connectivity index (χ0v) is 14.7. The molecule has 134 valence electrons. The van der Waals surface area contributed by atoms with E-state index in [0.29, 0.717) is 25.6 Å². The molecule has 0 aromatic heterocycles. The molecule has 0 unspecified atom stereocenters. The largest absolute Gasteiger partial charge is 0.494 e. The highest BCUT2D eigenvalue weighted by atomic mass is 16.5. The lowest BCUT2D eigenvalue weighted by atomic mass is 9.95. The minimum Gasteiger partial charge on any atom is -0.494 e. The van der Waals surface area contributed by atoms with Crippen molar-refractivity contribution in [3.05, 3.63) is 42.5 Å². The van der Waals surface area contributed by atoms with Crippen molar-refractivity contribution in [1.29, 1.82) is 0 Å². The van der Waals surface area contributed by atoms with Crippen molar-refractivity contribution in [2.24, 2.45) is 5.92 Å². The van der Waals surface area contributed by atoms with E-state index in [-0.39, 0.29) is 23.8 Å². The quantitative estimate of drug-likeness (QED) is 0.808. The van der Waals surface area contributed by atoms with Crippen molar-refractivity contribution in [2.45, 2.75) is 38.1 Å². The van der Waals surface area contributed by atoms with Crippen LogP contribution in [-0.4, -0.2) is 42.5 Å². The maximum absolute atomic E-state index is 12.5. The maximum Gasteiger partial charge on any atom is 0.245 e. The molecule has 1 heterocycles. The SMILES string of the molecule is C=CC(=O)N1CCC(C(=O)N[C@@H]2C[C@H]2c2cccc(OCC)c2)CC1. The topological polar surface area (TPSA) is 58.6 Å². The van der Waals surface area contributed by atoms with E-state index in [0.717, 1.165) is 25.0 Å². The number of nitrogens with zero attached hydrogens (tertiary/aromatic N) is 1. The second kappa shape index (κ2) is 7.72. The summed E-state index contributed by atoms with van der Waals surface area (Å²) in [6.07, 6.45) is 3.77. The molecule has 1 saturated heterocycles. The van der Waals surface area contributed by atoms with Crippen LogP contribution in [0.15, 0.2) is 36.9 Å². The molecule has 25 heavy (non-hydrogen) atoms. The normalized spacial score (nSPS) is 23.0. The standard InChI is InChI=1S/C20H26N2O3/c1-3-19(23)22-10-8-14(9-11-22)20(24)21-18-13-17(18)15-6-5-7-16(12-15)25-4-2/h3,5-7,12,14,17-18H,1,4,8-11,13H2,2H3,(H,21,24)/t17-,18+/m0/s1. The Kier molecular flexibility index (Phi) is 5.41. The summed E-state index contributed by atoms with van der Waals surface area (Å²) in [4.78, 5) is 25.8. The lowest BCUT2D eigenvalue weighted by molar-refractivity contribution is -0.132. The van der Waals surface area contributed by atoms with E-state index in [1.54, 1.807) is 4.90 Å². The van der Waals surface area contributed by atoms with Crippen molar-refractivity contribution in [2.75, 3.05) is 19.7 Å². The first-order chi connectivity index (χ1) is 12.1. The third kappa shape index (κ3) is 4.21. The Morgan fingerprint density at radius 1 is 1.36 bits per heavy atom. The third-order valence-corrected chi connectivity index (χ3v) is 5.07. The summed E-state index contributed by atoms with van der Waals surface area (Å²) in [5.74, 6) is 1.35. The van der Waals surface area contributed by atoms with Gasteiger partial charge in [0.1, 0.15) is 5.75 Å². The molecule has 0 radical (unpaired) electrons. The minimum absolute atomic E-state index is 0.00451. The maximum atomic E-state index is 12.5. The van der Waals surface area contributed by atoms with Crippen molar-refractivity contribution in [3.8, 4) is 5.75 Å². The Morgan fingerprint density at radius 3 is 2.80 bits per heavy atom. The fourth-order valence-corrected chi connectivity index (χ4v) is 3.52. The molecule has 1 N–H and O–H groups in total. The smallest absolute Gasteiger partial charge is 0.245 e. The zero-order valence-electron chi connectivity index (χ0n) is 14.7. The van der Waals surface area contributed by atoms with Gasteiger partial charge < -0.3 is 15.0 Å². The number of ether oxygens (including phenoxy) is 1. The van der Waals surface area contributed by atoms with Gasteiger partial charge in [0.15, 0.2) is 0 Å². The number of hydrogen-bond donors (Lipinski definition) is 1. The van der Waals surface area contributed by atoms with Gasteiger partial charge in [-0.3, -0.25) is 9.59 Å². The number of amides is 2. The van der Waals surface area contributed by atoms with Crippen LogP contribution >= 0.6 is 0 Å². The summed E-state index contributed by atoms with van der Waals surface area (Å²) in [6.45, 7) is 7.40. The Hall–Kier alpha value is -2.30. The van der Waals surface area contributed by atoms with Crippen LogP contribution in [0.25, 0.3) is 0 Å². The minimum atomic E-state index is -0.0460. The molecule has 0 spiro atoms. The van der Waals surface area contributed by atoms with E-state index in [1.165, 1.54) is 11.6 Å². The Labute approximate surface area is 149 Å². The molecule has 1 saturated carbocycles. The summed E-state index contributed by atoms with van der Waals surface area (Å²) >= 11 is 0. The second-order valence-electron chi connectivity index (χ2n) is 6.77. The monoisotopic (exact) mass is 342 g/mol. The summed E-state index contributed by atoms with van der Waals surface area (Å²) in [7, 11) is 0. The first kappa shape index (κ1) is 17.5. The number of benzene rings is 1. The average Bonchev–Trinajstić information content (AvgIpc) is 3.41. The first-order valence-electron chi connectivity index (χ1n) is 9.06. The summed E-state index contributed by atoms with van der Waals surface area (Å²) in [5, 5.41) is 3.18. The van der Waals surface area contributed by atoms with Crippen LogP contribution in [0.1, 0.15) is 37.7 Å².